The number of carbonyl (C=O) groups is 2. The fourth-order valence-corrected chi connectivity index (χ4v) is 4.10. The molecule has 0 heterocycles. The molecule has 0 aliphatic heterocycles. The van der Waals surface area contributed by atoms with Gasteiger partial charge in [-0.05, 0) is 62.1 Å². The molecule has 0 unspecified atom stereocenters. The SMILES string of the molecule is CNC(=O)[C@@H](C)N(Cc1ccccc1C)C(=O)CN(c1ccc(C)c(C)c1)S(C)(=O)=O. The first kappa shape index (κ1) is 24.4. The first-order valence-corrected chi connectivity index (χ1v) is 11.9. The molecule has 2 aromatic rings. The summed E-state index contributed by atoms with van der Waals surface area (Å²) in [7, 11) is -2.22. The summed E-state index contributed by atoms with van der Waals surface area (Å²) >= 11 is 0. The lowest BCUT2D eigenvalue weighted by Crippen LogP contribution is -2.50. The zero-order chi connectivity index (χ0) is 23.3. The van der Waals surface area contributed by atoms with Crippen molar-refractivity contribution in [3.63, 3.8) is 0 Å². The number of carbonyl (C=O) groups excluding carboxylic acids is 2. The first-order chi connectivity index (χ1) is 14.5. The summed E-state index contributed by atoms with van der Waals surface area (Å²) in [5.41, 5.74) is 4.25. The highest BCUT2D eigenvalue weighted by Crippen LogP contribution is 2.22. The van der Waals surface area contributed by atoms with Gasteiger partial charge in [0.25, 0.3) is 0 Å². The first-order valence-electron chi connectivity index (χ1n) is 10.1. The predicted octanol–water partition coefficient (Wildman–Crippen LogP) is 2.54. The van der Waals surface area contributed by atoms with E-state index in [1.54, 1.807) is 19.1 Å². The second kappa shape index (κ2) is 9.96. The average molecular weight is 446 g/mol. The lowest BCUT2D eigenvalue weighted by Gasteiger charge is -2.31. The molecule has 0 fully saturated rings. The Hall–Kier alpha value is -2.87. The Labute approximate surface area is 185 Å². The largest absolute Gasteiger partial charge is 0.357 e. The molecule has 1 N–H and O–H groups in total. The number of sulfonamides is 1. The molecule has 0 radical (unpaired) electrons. The number of hydrogen-bond acceptors (Lipinski definition) is 4. The second-order valence-corrected chi connectivity index (χ2v) is 9.68. The van der Waals surface area contributed by atoms with Crippen LogP contribution < -0.4 is 9.62 Å². The van der Waals surface area contributed by atoms with Gasteiger partial charge < -0.3 is 10.2 Å². The third-order valence-corrected chi connectivity index (χ3v) is 6.61. The van der Waals surface area contributed by atoms with Crippen LogP contribution in [0.2, 0.25) is 0 Å². The van der Waals surface area contributed by atoms with E-state index < -0.39 is 28.5 Å². The Morgan fingerprint density at radius 1 is 1.00 bits per heavy atom. The minimum absolute atomic E-state index is 0.199. The van der Waals surface area contributed by atoms with Crippen LogP contribution in [-0.4, -0.2) is 51.0 Å². The van der Waals surface area contributed by atoms with Crippen LogP contribution in [0.25, 0.3) is 0 Å². The average Bonchev–Trinajstić information content (AvgIpc) is 2.71. The monoisotopic (exact) mass is 445 g/mol. The molecule has 168 valence electrons. The Morgan fingerprint density at radius 2 is 1.65 bits per heavy atom. The van der Waals surface area contributed by atoms with E-state index in [0.717, 1.165) is 32.8 Å². The molecule has 1 atom stereocenters. The molecule has 8 heteroatoms. The number of likely N-dealkylation sites (N-methyl/N-ethyl adjacent to an activating group) is 1. The Bertz CT molecular complexity index is 1070. The number of anilines is 1. The number of aryl methyl sites for hydroxylation is 3. The quantitative estimate of drug-likeness (QED) is 0.677. The van der Waals surface area contributed by atoms with Gasteiger partial charge in [-0.2, -0.15) is 0 Å². The van der Waals surface area contributed by atoms with Crippen molar-refractivity contribution < 1.29 is 18.0 Å². The lowest BCUT2D eigenvalue weighted by atomic mass is 10.1. The molecule has 2 rings (SSSR count). The van der Waals surface area contributed by atoms with Crippen LogP contribution >= 0.6 is 0 Å². The standard InChI is InChI=1S/C23H31N3O4S/c1-16-11-12-21(13-18(16)3)26(31(6,29)30)15-22(27)25(19(4)23(28)24-5)14-20-10-8-7-9-17(20)2/h7-13,19H,14-15H2,1-6H3,(H,24,28)/t19-/m1/s1. The summed E-state index contributed by atoms with van der Waals surface area (Å²) in [5.74, 6) is -0.776. The molecular formula is C23H31N3O4S. The third-order valence-electron chi connectivity index (χ3n) is 5.47. The highest BCUT2D eigenvalue weighted by molar-refractivity contribution is 7.92. The predicted molar refractivity (Wildman–Crippen MR) is 123 cm³/mol. The fourth-order valence-electron chi connectivity index (χ4n) is 3.26. The smallest absolute Gasteiger partial charge is 0.244 e. The molecule has 2 amide bonds. The van der Waals surface area contributed by atoms with E-state index in [0.29, 0.717) is 5.69 Å². The van der Waals surface area contributed by atoms with Crippen LogP contribution in [0.5, 0.6) is 0 Å². The van der Waals surface area contributed by atoms with E-state index >= 15 is 0 Å². The van der Waals surface area contributed by atoms with Gasteiger partial charge in [-0.1, -0.05) is 30.3 Å². The number of amides is 2. The van der Waals surface area contributed by atoms with Crippen molar-refractivity contribution in [3.05, 3.63) is 64.7 Å². The molecule has 0 bridgehead atoms. The van der Waals surface area contributed by atoms with Crippen molar-refractivity contribution in [3.8, 4) is 0 Å². The van der Waals surface area contributed by atoms with Crippen LogP contribution in [0.4, 0.5) is 5.69 Å². The summed E-state index contributed by atoms with van der Waals surface area (Å²) < 4.78 is 26.2. The van der Waals surface area contributed by atoms with Gasteiger partial charge in [0.05, 0.1) is 11.9 Å². The van der Waals surface area contributed by atoms with Crippen molar-refractivity contribution >= 4 is 27.5 Å². The molecule has 0 aromatic heterocycles. The second-order valence-electron chi connectivity index (χ2n) is 7.78. The molecule has 0 aliphatic carbocycles. The van der Waals surface area contributed by atoms with Gasteiger partial charge in [0, 0.05) is 13.6 Å². The number of benzene rings is 2. The molecular weight excluding hydrogens is 414 g/mol. The van der Waals surface area contributed by atoms with Gasteiger partial charge in [-0.25, -0.2) is 8.42 Å². The summed E-state index contributed by atoms with van der Waals surface area (Å²) in [6, 6.07) is 12.1. The van der Waals surface area contributed by atoms with E-state index in [4.69, 9.17) is 0 Å². The van der Waals surface area contributed by atoms with Gasteiger partial charge in [0.1, 0.15) is 12.6 Å². The van der Waals surface area contributed by atoms with E-state index in [9.17, 15) is 18.0 Å². The number of nitrogens with zero attached hydrogens (tertiary/aromatic N) is 2. The van der Waals surface area contributed by atoms with Crippen molar-refractivity contribution in [2.45, 2.75) is 40.3 Å². The van der Waals surface area contributed by atoms with E-state index in [2.05, 4.69) is 5.32 Å². The Balaban J connectivity index is 2.42. The normalized spacial score (nSPS) is 12.2. The van der Waals surface area contributed by atoms with Crippen molar-refractivity contribution in [2.24, 2.45) is 0 Å². The van der Waals surface area contributed by atoms with Crippen LogP contribution in [-0.2, 0) is 26.2 Å². The summed E-state index contributed by atoms with van der Waals surface area (Å²) in [6.07, 6.45) is 1.07. The van der Waals surface area contributed by atoms with Crippen molar-refractivity contribution in [1.82, 2.24) is 10.2 Å². The molecule has 0 aliphatic rings. The van der Waals surface area contributed by atoms with Gasteiger partial charge in [-0.3, -0.25) is 13.9 Å². The number of hydrogen-bond donors (Lipinski definition) is 1. The van der Waals surface area contributed by atoms with Crippen LogP contribution in [0.3, 0.4) is 0 Å². The zero-order valence-electron chi connectivity index (χ0n) is 19.0. The third kappa shape index (κ3) is 6.07. The molecule has 0 spiro atoms. The van der Waals surface area contributed by atoms with E-state index in [-0.39, 0.29) is 12.5 Å². The van der Waals surface area contributed by atoms with Crippen LogP contribution in [0, 0.1) is 20.8 Å². The number of rotatable bonds is 8. The molecule has 7 nitrogen and oxygen atoms in total. The Kier molecular flexibility index (Phi) is 7.84. The van der Waals surface area contributed by atoms with Crippen LogP contribution in [0.15, 0.2) is 42.5 Å². The highest BCUT2D eigenvalue weighted by Gasteiger charge is 2.30. The maximum absolute atomic E-state index is 13.3. The van der Waals surface area contributed by atoms with Gasteiger partial charge in [0.15, 0.2) is 0 Å². The Morgan fingerprint density at radius 3 is 2.19 bits per heavy atom. The van der Waals surface area contributed by atoms with E-state index in [1.165, 1.54) is 11.9 Å². The molecule has 0 saturated heterocycles. The van der Waals surface area contributed by atoms with Gasteiger partial charge in [0.2, 0.25) is 21.8 Å². The molecule has 31 heavy (non-hydrogen) atoms. The maximum atomic E-state index is 13.3. The fraction of sp³-hybridized carbons (Fsp3) is 0.391. The minimum Gasteiger partial charge on any atom is -0.357 e. The van der Waals surface area contributed by atoms with Crippen LogP contribution in [0.1, 0.15) is 29.2 Å². The topological polar surface area (TPSA) is 86.8 Å². The molecule has 0 saturated carbocycles. The van der Waals surface area contributed by atoms with Gasteiger partial charge in [-0.15, -0.1) is 0 Å². The number of nitrogens with one attached hydrogen (secondary N) is 1. The maximum Gasteiger partial charge on any atom is 0.244 e. The van der Waals surface area contributed by atoms with E-state index in [1.807, 2.05) is 51.1 Å². The summed E-state index contributed by atoms with van der Waals surface area (Å²) in [5, 5.41) is 2.56. The van der Waals surface area contributed by atoms with Crippen molar-refractivity contribution in [1.29, 1.82) is 0 Å². The highest BCUT2D eigenvalue weighted by atomic mass is 32.2. The van der Waals surface area contributed by atoms with Crippen molar-refractivity contribution in [2.75, 3.05) is 24.2 Å². The minimum atomic E-state index is -3.72. The molecule has 2 aromatic carbocycles. The lowest BCUT2D eigenvalue weighted by molar-refractivity contribution is -0.139. The summed E-state index contributed by atoms with van der Waals surface area (Å²) in [6.45, 7) is 7.19. The summed E-state index contributed by atoms with van der Waals surface area (Å²) in [4.78, 5) is 27.1. The zero-order valence-corrected chi connectivity index (χ0v) is 19.8. The van der Waals surface area contributed by atoms with Gasteiger partial charge >= 0.3 is 0 Å².